The maximum Gasteiger partial charge on any atom is 0.222 e. The van der Waals surface area contributed by atoms with E-state index in [1.165, 1.54) is 0 Å². The average molecular weight is 261 g/mol. The lowest BCUT2D eigenvalue weighted by Gasteiger charge is -2.40. The van der Waals surface area contributed by atoms with Crippen LogP contribution in [0.1, 0.15) is 51.4 Å². The Morgan fingerprint density at radius 1 is 0.941 bits per heavy atom. The fourth-order valence-electron chi connectivity index (χ4n) is 3.07. The highest BCUT2D eigenvalue weighted by Crippen LogP contribution is 2.37. The van der Waals surface area contributed by atoms with Gasteiger partial charge in [-0.1, -0.05) is 25.7 Å². The predicted molar refractivity (Wildman–Crippen MR) is 67.2 cm³/mol. The molecule has 17 heavy (non-hydrogen) atoms. The van der Waals surface area contributed by atoms with Crippen molar-refractivity contribution in [3.63, 3.8) is 0 Å². The monoisotopic (exact) mass is 261 g/mol. The molecule has 5 heteroatoms. The van der Waals surface area contributed by atoms with Crippen LogP contribution < -0.4 is 0 Å². The Morgan fingerprint density at radius 2 is 1.47 bits per heavy atom. The molecule has 0 bridgehead atoms. The van der Waals surface area contributed by atoms with Crippen LogP contribution in [-0.4, -0.2) is 42.3 Å². The molecule has 0 aromatic carbocycles. The molecule has 1 saturated carbocycles. The first kappa shape index (κ1) is 13.3. The molecule has 2 rings (SSSR count). The summed E-state index contributed by atoms with van der Waals surface area (Å²) in [5.41, 5.74) is 0. The van der Waals surface area contributed by atoms with E-state index in [2.05, 4.69) is 0 Å². The molecular formula is C12H23NO3S. The third-order valence-corrected chi connectivity index (χ3v) is 6.93. The Hall–Kier alpha value is -0.130. The lowest BCUT2D eigenvalue weighted by atomic mass is 9.89. The summed E-state index contributed by atoms with van der Waals surface area (Å²) >= 11 is 0. The van der Waals surface area contributed by atoms with Gasteiger partial charge in [0.2, 0.25) is 10.0 Å². The van der Waals surface area contributed by atoms with Gasteiger partial charge in [-0.15, -0.1) is 0 Å². The van der Waals surface area contributed by atoms with Crippen molar-refractivity contribution < 1.29 is 13.5 Å². The van der Waals surface area contributed by atoms with Crippen LogP contribution in [0.5, 0.6) is 0 Å². The average Bonchev–Trinajstić information content (AvgIpc) is 2.40. The summed E-state index contributed by atoms with van der Waals surface area (Å²) < 4.78 is 26.1. The van der Waals surface area contributed by atoms with Crippen molar-refractivity contribution >= 4 is 10.0 Å². The topological polar surface area (TPSA) is 57.6 Å². The molecule has 0 amide bonds. The fraction of sp³-hybridized carbons (Fsp3) is 1.00. The van der Waals surface area contributed by atoms with Crippen molar-refractivity contribution in [2.45, 2.75) is 56.1 Å². The Balaban J connectivity index is 2.21. The number of nitrogens with zero attached hydrogens (tertiary/aromatic N) is 1. The molecular weight excluding hydrogens is 238 g/mol. The van der Waals surface area contributed by atoms with Crippen LogP contribution in [-0.2, 0) is 10.0 Å². The van der Waals surface area contributed by atoms with Gasteiger partial charge in [0.05, 0.1) is 6.61 Å². The van der Waals surface area contributed by atoms with E-state index in [9.17, 15) is 13.5 Å². The van der Waals surface area contributed by atoms with E-state index < -0.39 is 14.8 Å². The van der Waals surface area contributed by atoms with Crippen LogP contribution >= 0.6 is 0 Å². The first-order chi connectivity index (χ1) is 8.12. The summed E-state index contributed by atoms with van der Waals surface area (Å²) in [6.07, 6.45) is 7.24. The number of aliphatic hydroxyl groups is 1. The van der Waals surface area contributed by atoms with Crippen LogP contribution in [0.3, 0.4) is 0 Å². The normalized spacial score (nSPS) is 26.9. The minimum absolute atomic E-state index is 0.216. The second-order valence-corrected chi connectivity index (χ2v) is 7.70. The number of sulfonamides is 1. The van der Waals surface area contributed by atoms with Gasteiger partial charge in [-0.3, -0.25) is 0 Å². The van der Waals surface area contributed by atoms with E-state index in [1.807, 2.05) is 0 Å². The van der Waals surface area contributed by atoms with Gasteiger partial charge in [0.25, 0.3) is 0 Å². The zero-order valence-electron chi connectivity index (χ0n) is 10.4. The van der Waals surface area contributed by atoms with Crippen LogP contribution in [0.25, 0.3) is 0 Å². The van der Waals surface area contributed by atoms with E-state index in [0.717, 1.165) is 38.5 Å². The molecule has 4 nitrogen and oxygen atoms in total. The molecule has 1 aliphatic heterocycles. The van der Waals surface area contributed by atoms with Gasteiger partial charge in [0, 0.05) is 13.1 Å². The maximum absolute atomic E-state index is 12.7. The van der Waals surface area contributed by atoms with Gasteiger partial charge < -0.3 is 5.11 Å². The molecule has 0 atom stereocenters. The van der Waals surface area contributed by atoms with Crippen molar-refractivity contribution in [2.75, 3.05) is 19.7 Å². The van der Waals surface area contributed by atoms with Crippen LogP contribution in [0, 0.1) is 0 Å². The van der Waals surface area contributed by atoms with E-state index in [1.54, 1.807) is 4.31 Å². The van der Waals surface area contributed by atoms with Gasteiger partial charge in [0.1, 0.15) is 4.75 Å². The molecule has 1 N–H and O–H groups in total. The maximum atomic E-state index is 12.7. The zero-order chi connectivity index (χ0) is 12.4. The SMILES string of the molecule is O=S(=O)(N1CCCCC1)C1(CO)CCCCC1. The number of rotatable bonds is 3. The summed E-state index contributed by atoms with van der Waals surface area (Å²) in [5, 5.41) is 9.60. The molecule has 0 spiro atoms. The standard InChI is InChI=1S/C12H23NO3S/c14-11-12(7-3-1-4-8-12)17(15,16)13-9-5-2-6-10-13/h14H,1-11H2. The molecule has 2 aliphatic rings. The van der Waals surface area contributed by atoms with Crippen LogP contribution in [0.15, 0.2) is 0 Å². The lowest BCUT2D eigenvalue weighted by Crippen LogP contribution is -2.53. The van der Waals surface area contributed by atoms with E-state index in [0.29, 0.717) is 25.9 Å². The molecule has 0 radical (unpaired) electrons. The molecule has 2 fully saturated rings. The van der Waals surface area contributed by atoms with Crippen LogP contribution in [0.2, 0.25) is 0 Å². The summed E-state index contributed by atoms with van der Waals surface area (Å²) in [4.78, 5) is 0. The number of aliphatic hydroxyl groups excluding tert-OH is 1. The molecule has 0 unspecified atom stereocenters. The van der Waals surface area contributed by atoms with Gasteiger partial charge in [0.15, 0.2) is 0 Å². The van der Waals surface area contributed by atoms with Crippen molar-refractivity contribution in [1.82, 2.24) is 4.31 Å². The highest BCUT2D eigenvalue weighted by atomic mass is 32.2. The Bertz CT molecular complexity index is 341. The predicted octanol–water partition coefficient (Wildman–Crippen LogP) is 1.50. The number of piperidine rings is 1. The Morgan fingerprint density at radius 3 is 2.00 bits per heavy atom. The molecule has 0 aromatic rings. The zero-order valence-corrected chi connectivity index (χ0v) is 11.2. The van der Waals surface area contributed by atoms with Gasteiger partial charge in [-0.05, 0) is 25.7 Å². The Labute approximate surface area is 104 Å². The molecule has 1 saturated heterocycles. The smallest absolute Gasteiger partial charge is 0.222 e. The lowest BCUT2D eigenvalue weighted by molar-refractivity contribution is 0.195. The second-order valence-electron chi connectivity index (χ2n) is 5.37. The third-order valence-electron chi connectivity index (χ3n) is 4.26. The van der Waals surface area contributed by atoms with Gasteiger partial charge in [-0.2, -0.15) is 0 Å². The summed E-state index contributed by atoms with van der Waals surface area (Å²) in [5.74, 6) is 0. The number of hydrogen-bond acceptors (Lipinski definition) is 3. The van der Waals surface area contributed by atoms with Crippen molar-refractivity contribution in [1.29, 1.82) is 0 Å². The van der Waals surface area contributed by atoms with Gasteiger partial charge in [-0.25, -0.2) is 12.7 Å². The Kier molecular flexibility index (Phi) is 4.10. The first-order valence-electron chi connectivity index (χ1n) is 6.73. The summed E-state index contributed by atoms with van der Waals surface area (Å²) in [6.45, 7) is 1.07. The highest BCUT2D eigenvalue weighted by Gasteiger charge is 2.47. The number of hydrogen-bond donors (Lipinski definition) is 1. The summed E-state index contributed by atoms with van der Waals surface area (Å²) in [6, 6.07) is 0. The fourth-order valence-corrected chi connectivity index (χ4v) is 5.33. The largest absolute Gasteiger partial charge is 0.395 e. The van der Waals surface area contributed by atoms with Crippen molar-refractivity contribution in [2.24, 2.45) is 0 Å². The van der Waals surface area contributed by atoms with Crippen LogP contribution in [0.4, 0.5) is 0 Å². The van der Waals surface area contributed by atoms with E-state index >= 15 is 0 Å². The third kappa shape index (κ3) is 2.37. The molecule has 100 valence electrons. The molecule has 0 aromatic heterocycles. The van der Waals surface area contributed by atoms with Gasteiger partial charge >= 0.3 is 0 Å². The quantitative estimate of drug-likeness (QED) is 0.837. The van der Waals surface area contributed by atoms with E-state index in [-0.39, 0.29) is 6.61 Å². The van der Waals surface area contributed by atoms with E-state index in [4.69, 9.17) is 0 Å². The van der Waals surface area contributed by atoms with Crippen molar-refractivity contribution in [3.8, 4) is 0 Å². The first-order valence-corrected chi connectivity index (χ1v) is 8.17. The molecule has 1 aliphatic carbocycles. The summed E-state index contributed by atoms with van der Waals surface area (Å²) in [7, 11) is -3.31. The minimum Gasteiger partial charge on any atom is -0.395 e. The minimum atomic E-state index is -3.31. The molecule has 1 heterocycles. The second kappa shape index (κ2) is 5.24. The highest BCUT2D eigenvalue weighted by molar-refractivity contribution is 7.90. The van der Waals surface area contributed by atoms with Crippen molar-refractivity contribution in [3.05, 3.63) is 0 Å².